The summed E-state index contributed by atoms with van der Waals surface area (Å²) in [6, 6.07) is 12.1. The van der Waals surface area contributed by atoms with Crippen LogP contribution < -0.4 is 10.9 Å². The summed E-state index contributed by atoms with van der Waals surface area (Å²) in [5, 5.41) is 26.6. The molecule has 0 radical (unpaired) electrons. The summed E-state index contributed by atoms with van der Waals surface area (Å²) in [7, 11) is 0. The van der Waals surface area contributed by atoms with Gasteiger partial charge in [0.2, 0.25) is 0 Å². The van der Waals surface area contributed by atoms with Crippen molar-refractivity contribution in [3.05, 3.63) is 57.9 Å². The molecule has 4 fully saturated rings. The number of likely N-dealkylation sites (tertiary alicyclic amines) is 1. The van der Waals surface area contributed by atoms with Crippen molar-refractivity contribution in [1.82, 2.24) is 24.3 Å². The van der Waals surface area contributed by atoms with Crippen molar-refractivity contribution >= 4 is 16.9 Å². The Balaban J connectivity index is 0.918. The number of carbonyl (C=O) groups is 1. The molecule has 2 amide bonds. The molecular weight excluding hydrogens is 518 g/mol. The van der Waals surface area contributed by atoms with Crippen molar-refractivity contribution < 1.29 is 15.0 Å². The molecule has 2 bridgehead atoms. The average Bonchev–Trinajstić information content (AvgIpc) is 3.23. The molecule has 2 saturated heterocycles. The van der Waals surface area contributed by atoms with E-state index in [1.165, 1.54) is 0 Å². The maximum Gasteiger partial charge on any atom is 0.317 e. The Morgan fingerprint density at radius 2 is 1.61 bits per heavy atom. The van der Waals surface area contributed by atoms with Gasteiger partial charge in [-0.15, -0.1) is 0 Å². The van der Waals surface area contributed by atoms with Crippen LogP contribution in [0.15, 0.2) is 41.2 Å². The second-order valence-corrected chi connectivity index (χ2v) is 13.2. The van der Waals surface area contributed by atoms with E-state index in [1.54, 1.807) is 10.6 Å². The van der Waals surface area contributed by atoms with Crippen LogP contribution in [0.3, 0.4) is 0 Å². The highest BCUT2D eigenvalue weighted by Crippen LogP contribution is 2.63. The predicted octanol–water partition coefficient (Wildman–Crippen LogP) is 3.80. The molecule has 9 nitrogen and oxygen atoms in total. The standard InChI is InChI=1S/C32H39N5O4/c1-18-23-15-24(29(18)35-13-10-33-32(35)41)28-27(23)30(39)36(31(28)40)17-21-14-20(21)16-34-11-8-22(9-12-34)37-25-5-3-2-4-19(25)6-7-26(37)38/h2-7,18,20-24,29,39-40H,8-17H2,1H3,(H,33,41)/t18?,20-,21-,23?,24?,29?/m1/s1. The Morgan fingerprint density at radius 3 is 2.37 bits per heavy atom. The number of pyridine rings is 1. The Labute approximate surface area is 239 Å². The molecule has 3 aromatic rings. The highest BCUT2D eigenvalue weighted by molar-refractivity contribution is 5.79. The minimum atomic E-state index is -0.00636. The number of fused-ring (bicyclic) bond motifs is 6. The number of rotatable bonds is 6. The fourth-order valence-electron chi connectivity index (χ4n) is 8.98. The molecule has 4 unspecified atom stereocenters. The first-order valence-corrected chi connectivity index (χ1v) is 15.4. The topological polar surface area (TPSA) is 103 Å². The molecule has 2 aromatic heterocycles. The number of hydrogen-bond acceptors (Lipinski definition) is 5. The largest absolute Gasteiger partial charge is 0.494 e. The molecule has 4 heterocycles. The first-order valence-electron chi connectivity index (χ1n) is 15.4. The molecule has 2 aliphatic heterocycles. The van der Waals surface area contributed by atoms with Gasteiger partial charge in [-0.25, -0.2) is 4.79 Å². The Kier molecular flexibility index (Phi) is 5.72. The first-order chi connectivity index (χ1) is 19.9. The summed E-state index contributed by atoms with van der Waals surface area (Å²) >= 11 is 0. The number of para-hydroxylation sites is 1. The lowest BCUT2D eigenvalue weighted by Crippen LogP contribution is -2.44. The summed E-state index contributed by atoms with van der Waals surface area (Å²) < 4.78 is 3.75. The van der Waals surface area contributed by atoms with Crippen LogP contribution in [0.5, 0.6) is 11.8 Å². The van der Waals surface area contributed by atoms with E-state index in [4.69, 9.17) is 0 Å². The molecule has 1 aromatic carbocycles. The van der Waals surface area contributed by atoms with Gasteiger partial charge in [0.05, 0.1) is 5.52 Å². The van der Waals surface area contributed by atoms with E-state index in [-0.39, 0.29) is 53.2 Å². The van der Waals surface area contributed by atoms with Crippen LogP contribution in [-0.4, -0.2) is 73.9 Å². The van der Waals surface area contributed by atoms with E-state index in [0.29, 0.717) is 31.5 Å². The van der Waals surface area contributed by atoms with E-state index in [2.05, 4.69) is 29.3 Å². The lowest BCUT2D eigenvalue weighted by Gasteiger charge is -2.35. The number of piperidine rings is 1. The summed E-state index contributed by atoms with van der Waals surface area (Å²) in [4.78, 5) is 29.7. The SMILES string of the molecule is CC1C2CC(c3c2c(O)n(C[C@H]2C[C@@H]2CN2CCC(n4c(=O)ccc5ccccc54)CC2)c3O)C1N1CCNC1=O. The average molecular weight is 558 g/mol. The summed E-state index contributed by atoms with van der Waals surface area (Å²) in [5.41, 5.74) is 2.93. The third-order valence-corrected chi connectivity index (χ3v) is 11.1. The van der Waals surface area contributed by atoms with Crippen LogP contribution in [0.25, 0.3) is 10.9 Å². The number of amides is 2. The molecule has 0 spiro atoms. The third-order valence-electron chi connectivity index (χ3n) is 11.1. The third kappa shape index (κ3) is 3.84. The molecule has 3 N–H and O–H groups in total. The number of carbonyl (C=O) groups excluding carboxylic acids is 1. The van der Waals surface area contributed by atoms with Crippen LogP contribution in [0, 0.1) is 17.8 Å². The van der Waals surface area contributed by atoms with Crippen molar-refractivity contribution in [3.8, 4) is 11.8 Å². The summed E-state index contributed by atoms with van der Waals surface area (Å²) in [6.45, 7) is 7.19. The van der Waals surface area contributed by atoms with Crippen molar-refractivity contribution in [2.75, 3.05) is 32.7 Å². The highest BCUT2D eigenvalue weighted by atomic mass is 16.3. The number of urea groups is 1. The summed E-state index contributed by atoms with van der Waals surface area (Å²) in [6.07, 6.45) is 3.93. The fourth-order valence-corrected chi connectivity index (χ4v) is 8.98. The van der Waals surface area contributed by atoms with Gasteiger partial charge >= 0.3 is 6.03 Å². The number of nitrogens with one attached hydrogen (secondary N) is 1. The van der Waals surface area contributed by atoms with Crippen LogP contribution >= 0.6 is 0 Å². The van der Waals surface area contributed by atoms with Gasteiger partial charge in [-0.1, -0.05) is 25.1 Å². The minimum absolute atomic E-state index is 0.00636. The number of benzene rings is 1. The van der Waals surface area contributed by atoms with Gasteiger partial charge < -0.3 is 29.9 Å². The second-order valence-electron chi connectivity index (χ2n) is 13.2. The van der Waals surface area contributed by atoms with E-state index in [0.717, 1.165) is 67.3 Å². The number of aromatic hydroxyl groups is 2. The highest BCUT2D eigenvalue weighted by Gasteiger charge is 2.56. The van der Waals surface area contributed by atoms with Gasteiger partial charge in [0.1, 0.15) is 0 Å². The Hall–Kier alpha value is -3.46. The molecule has 3 aliphatic carbocycles. The van der Waals surface area contributed by atoms with E-state index < -0.39 is 0 Å². The van der Waals surface area contributed by atoms with E-state index in [1.807, 2.05) is 27.7 Å². The van der Waals surface area contributed by atoms with Crippen molar-refractivity contribution in [3.63, 3.8) is 0 Å². The summed E-state index contributed by atoms with van der Waals surface area (Å²) in [5.74, 6) is 1.99. The second kappa shape index (κ2) is 9.28. The van der Waals surface area contributed by atoms with E-state index >= 15 is 0 Å². The fraction of sp³-hybridized carbons (Fsp3) is 0.562. The van der Waals surface area contributed by atoms with Crippen LogP contribution in [-0.2, 0) is 6.54 Å². The Morgan fingerprint density at radius 1 is 0.878 bits per heavy atom. The molecule has 6 atom stereocenters. The lowest BCUT2D eigenvalue weighted by molar-refractivity contribution is 0.172. The van der Waals surface area contributed by atoms with Crippen LogP contribution in [0.4, 0.5) is 4.79 Å². The molecule has 5 aliphatic rings. The van der Waals surface area contributed by atoms with Gasteiger partial charge in [-0.3, -0.25) is 9.36 Å². The van der Waals surface area contributed by atoms with Crippen molar-refractivity contribution in [2.24, 2.45) is 17.8 Å². The maximum absolute atomic E-state index is 12.8. The number of aromatic nitrogens is 2. The zero-order chi connectivity index (χ0) is 28.0. The van der Waals surface area contributed by atoms with Gasteiger partial charge in [0.25, 0.3) is 5.56 Å². The molecule has 216 valence electrons. The van der Waals surface area contributed by atoms with Gasteiger partial charge in [-0.05, 0) is 66.9 Å². The molecular formula is C32H39N5O4. The first kappa shape index (κ1) is 25.3. The molecule has 9 heteroatoms. The minimum Gasteiger partial charge on any atom is -0.494 e. The molecule has 2 saturated carbocycles. The smallest absolute Gasteiger partial charge is 0.317 e. The number of nitrogens with zero attached hydrogens (tertiary/aromatic N) is 4. The van der Waals surface area contributed by atoms with Gasteiger partial charge in [0.15, 0.2) is 11.8 Å². The molecule has 8 rings (SSSR count). The zero-order valence-corrected chi connectivity index (χ0v) is 23.6. The number of hydrogen-bond donors (Lipinski definition) is 3. The van der Waals surface area contributed by atoms with Crippen molar-refractivity contribution in [1.29, 1.82) is 0 Å². The quantitative estimate of drug-likeness (QED) is 0.428. The monoisotopic (exact) mass is 557 g/mol. The van der Waals surface area contributed by atoms with Gasteiger partial charge in [-0.2, -0.15) is 0 Å². The zero-order valence-electron chi connectivity index (χ0n) is 23.6. The van der Waals surface area contributed by atoms with E-state index in [9.17, 15) is 19.8 Å². The normalized spacial score (nSPS) is 31.2. The molecule has 41 heavy (non-hydrogen) atoms. The maximum atomic E-state index is 12.8. The van der Waals surface area contributed by atoms with Crippen LogP contribution in [0.2, 0.25) is 0 Å². The van der Waals surface area contributed by atoms with Crippen LogP contribution in [0.1, 0.15) is 61.6 Å². The lowest BCUT2D eigenvalue weighted by atomic mass is 9.82. The Bertz CT molecular complexity index is 1590. The van der Waals surface area contributed by atoms with Gasteiger partial charge in [0, 0.05) is 74.5 Å². The van der Waals surface area contributed by atoms with Crippen molar-refractivity contribution in [2.45, 2.75) is 63.1 Å². The predicted molar refractivity (Wildman–Crippen MR) is 155 cm³/mol.